The Kier molecular flexibility index (Phi) is 5.34. The van der Waals surface area contributed by atoms with Gasteiger partial charge in [-0.25, -0.2) is 0 Å². The third kappa shape index (κ3) is 3.61. The molecule has 0 saturated carbocycles. The van der Waals surface area contributed by atoms with Crippen LogP contribution < -0.4 is 0 Å². The Balaban J connectivity index is 2.08. The molecule has 1 fully saturated rings. The van der Waals surface area contributed by atoms with Crippen molar-refractivity contribution in [1.29, 1.82) is 0 Å². The first-order valence-electron chi connectivity index (χ1n) is 7.52. The van der Waals surface area contributed by atoms with Crippen molar-refractivity contribution in [1.82, 2.24) is 23.4 Å². The Hall–Kier alpha value is -0.990. The molecule has 21 heavy (non-hydrogen) atoms. The largest absolute Gasteiger partial charge is 0.320 e. The summed E-state index contributed by atoms with van der Waals surface area (Å²) in [7, 11) is 0.201. The van der Waals surface area contributed by atoms with E-state index < -0.39 is 10.2 Å². The third-order valence-electron chi connectivity index (χ3n) is 4.04. The van der Waals surface area contributed by atoms with Crippen molar-refractivity contribution < 1.29 is 8.42 Å². The predicted molar refractivity (Wildman–Crippen MR) is 81.0 cm³/mol. The maximum absolute atomic E-state index is 12.6. The van der Waals surface area contributed by atoms with Crippen molar-refractivity contribution in [2.45, 2.75) is 38.5 Å². The van der Waals surface area contributed by atoms with Gasteiger partial charge in [-0.1, -0.05) is 13.3 Å². The molecular weight excluding hydrogens is 290 g/mol. The van der Waals surface area contributed by atoms with Gasteiger partial charge in [0.1, 0.15) is 12.2 Å². The number of rotatable bonds is 6. The third-order valence-corrected chi connectivity index (χ3v) is 6.00. The van der Waals surface area contributed by atoms with Crippen molar-refractivity contribution in [3.8, 4) is 0 Å². The van der Waals surface area contributed by atoms with Crippen LogP contribution in [0.25, 0.3) is 0 Å². The van der Waals surface area contributed by atoms with Crippen LogP contribution in [-0.4, -0.2) is 58.5 Å². The summed E-state index contributed by atoms with van der Waals surface area (Å²) < 4.78 is 30.1. The van der Waals surface area contributed by atoms with Crippen LogP contribution in [0.4, 0.5) is 0 Å². The number of nitrogens with zero attached hydrogens (tertiary/aromatic N) is 5. The lowest BCUT2D eigenvalue weighted by molar-refractivity contribution is 0.284. The van der Waals surface area contributed by atoms with Crippen LogP contribution in [0.2, 0.25) is 0 Å². The molecule has 1 aliphatic rings. The molecule has 0 amide bonds. The summed E-state index contributed by atoms with van der Waals surface area (Å²) in [6.45, 7) is 3.72. The minimum Gasteiger partial charge on any atom is -0.320 e. The smallest absolute Gasteiger partial charge is 0.281 e. The number of unbranched alkanes of at least 4 members (excludes halogenated alkanes) is 1. The second-order valence-corrected chi connectivity index (χ2v) is 7.72. The Morgan fingerprint density at radius 2 is 2.24 bits per heavy atom. The first-order chi connectivity index (χ1) is 9.96. The molecular formula is C13H25N5O2S. The van der Waals surface area contributed by atoms with Gasteiger partial charge < -0.3 is 4.57 Å². The molecule has 1 aromatic rings. The fraction of sp³-hybridized carbons (Fsp3) is 0.846. The standard InChI is InChI=1S/C13H25N5O2S/c1-4-5-8-17(3)21(19,20)18-9-6-7-12(10-18)13-15-14-11-16(13)2/h11-12H,4-10H2,1-3H3/t12-/m1/s1. The maximum Gasteiger partial charge on any atom is 0.281 e. The summed E-state index contributed by atoms with van der Waals surface area (Å²) in [4.78, 5) is 0. The average molecular weight is 315 g/mol. The minimum absolute atomic E-state index is 0.126. The molecule has 7 nitrogen and oxygen atoms in total. The second-order valence-electron chi connectivity index (χ2n) is 5.68. The number of hydrogen-bond donors (Lipinski definition) is 0. The van der Waals surface area contributed by atoms with E-state index in [9.17, 15) is 8.42 Å². The Morgan fingerprint density at radius 3 is 2.86 bits per heavy atom. The van der Waals surface area contributed by atoms with Gasteiger partial charge in [-0.2, -0.15) is 17.0 Å². The fourth-order valence-electron chi connectivity index (χ4n) is 2.72. The highest BCUT2D eigenvalue weighted by Gasteiger charge is 2.33. The van der Waals surface area contributed by atoms with E-state index in [1.54, 1.807) is 17.7 Å². The van der Waals surface area contributed by atoms with E-state index in [0.717, 1.165) is 31.5 Å². The topological polar surface area (TPSA) is 71.3 Å². The Morgan fingerprint density at radius 1 is 1.48 bits per heavy atom. The highest BCUT2D eigenvalue weighted by Crippen LogP contribution is 2.27. The van der Waals surface area contributed by atoms with Gasteiger partial charge in [0.2, 0.25) is 0 Å². The van der Waals surface area contributed by atoms with Crippen molar-refractivity contribution in [2.75, 3.05) is 26.7 Å². The van der Waals surface area contributed by atoms with Gasteiger partial charge in [-0.3, -0.25) is 0 Å². The molecule has 2 heterocycles. The number of aromatic nitrogens is 3. The van der Waals surface area contributed by atoms with Crippen molar-refractivity contribution in [3.05, 3.63) is 12.2 Å². The summed E-state index contributed by atoms with van der Waals surface area (Å²) in [5.41, 5.74) is 0. The van der Waals surface area contributed by atoms with Crippen LogP contribution >= 0.6 is 0 Å². The lowest BCUT2D eigenvalue weighted by atomic mass is 9.99. The summed E-state index contributed by atoms with van der Waals surface area (Å²) in [6, 6.07) is 0. The lowest BCUT2D eigenvalue weighted by Crippen LogP contribution is -2.46. The quantitative estimate of drug-likeness (QED) is 0.784. The molecule has 0 aromatic carbocycles. The average Bonchev–Trinajstić information content (AvgIpc) is 2.91. The van der Waals surface area contributed by atoms with Crippen LogP contribution in [0, 0.1) is 0 Å². The molecule has 0 unspecified atom stereocenters. The first-order valence-corrected chi connectivity index (χ1v) is 8.91. The molecule has 2 rings (SSSR count). The molecule has 1 aromatic heterocycles. The predicted octanol–water partition coefficient (Wildman–Crippen LogP) is 0.971. The zero-order valence-electron chi connectivity index (χ0n) is 13.1. The first kappa shape index (κ1) is 16.4. The molecule has 0 spiro atoms. The zero-order valence-corrected chi connectivity index (χ0v) is 13.9. The van der Waals surface area contributed by atoms with Gasteiger partial charge in [0, 0.05) is 39.6 Å². The van der Waals surface area contributed by atoms with E-state index in [1.165, 1.54) is 4.31 Å². The molecule has 0 bridgehead atoms. The van der Waals surface area contributed by atoms with Crippen molar-refractivity contribution in [2.24, 2.45) is 7.05 Å². The summed E-state index contributed by atoms with van der Waals surface area (Å²) in [5, 5.41) is 8.02. The Labute approximate surface area is 127 Å². The summed E-state index contributed by atoms with van der Waals surface area (Å²) in [5.74, 6) is 0.992. The molecule has 0 radical (unpaired) electrons. The van der Waals surface area contributed by atoms with E-state index >= 15 is 0 Å². The van der Waals surface area contributed by atoms with E-state index in [-0.39, 0.29) is 5.92 Å². The van der Waals surface area contributed by atoms with E-state index in [4.69, 9.17) is 0 Å². The fourth-order valence-corrected chi connectivity index (χ4v) is 4.20. The highest BCUT2D eigenvalue weighted by atomic mass is 32.2. The highest BCUT2D eigenvalue weighted by molar-refractivity contribution is 7.86. The SMILES string of the molecule is CCCCN(C)S(=O)(=O)N1CCC[C@@H](c2nncn2C)C1. The molecule has 0 N–H and O–H groups in total. The van der Waals surface area contributed by atoms with Crippen LogP contribution in [0.3, 0.4) is 0 Å². The van der Waals surface area contributed by atoms with Crippen LogP contribution in [0.1, 0.15) is 44.3 Å². The molecule has 0 aliphatic carbocycles. The van der Waals surface area contributed by atoms with Gasteiger partial charge in [0.05, 0.1) is 0 Å². The van der Waals surface area contributed by atoms with Gasteiger partial charge in [-0.15, -0.1) is 10.2 Å². The van der Waals surface area contributed by atoms with E-state index in [2.05, 4.69) is 17.1 Å². The lowest BCUT2D eigenvalue weighted by Gasteiger charge is -2.33. The van der Waals surface area contributed by atoms with Gasteiger partial charge in [-0.05, 0) is 19.3 Å². The second kappa shape index (κ2) is 6.85. The van der Waals surface area contributed by atoms with E-state index in [1.807, 2.05) is 11.6 Å². The monoisotopic (exact) mass is 315 g/mol. The number of aryl methyl sites for hydroxylation is 1. The molecule has 1 atom stereocenters. The van der Waals surface area contributed by atoms with Crippen LogP contribution in [-0.2, 0) is 17.3 Å². The summed E-state index contributed by atoms with van der Waals surface area (Å²) in [6.07, 6.45) is 5.35. The molecule has 8 heteroatoms. The Bertz CT molecular complexity index is 557. The zero-order chi connectivity index (χ0) is 15.5. The van der Waals surface area contributed by atoms with Gasteiger partial charge in [0.25, 0.3) is 10.2 Å². The van der Waals surface area contributed by atoms with Crippen LogP contribution in [0.15, 0.2) is 6.33 Å². The van der Waals surface area contributed by atoms with Crippen molar-refractivity contribution >= 4 is 10.2 Å². The van der Waals surface area contributed by atoms with E-state index in [0.29, 0.717) is 19.6 Å². The number of piperidine rings is 1. The van der Waals surface area contributed by atoms with Crippen LogP contribution in [0.5, 0.6) is 0 Å². The summed E-state index contributed by atoms with van der Waals surface area (Å²) >= 11 is 0. The van der Waals surface area contributed by atoms with Gasteiger partial charge >= 0.3 is 0 Å². The number of hydrogen-bond acceptors (Lipinski definition) is 4. The maximum atomic E-state index is 12.6. The minimum atomic E-state index is -3.36. The van der Waals surface area contributed by atoms with Crippen molar-refractivity contribution in [3.63, 3.8) is 0 Å². The normalized spacial score (nSPS) is 21.0. The van der Waals surface area contributed by atoms with Gasteiger partial charge in [0.15, 0.2) is 0 Å². The molecule has 1 saturated heterocycles. The molecule has 120 valence electrons. The molecule has 1 aliphatic heterocycles.